The second-order valence-electron chi connectivity index (χ2n) is 6.06. The fraction of sp³-hybridized carbons (Fsp3) is 0.353. The van der Waals surface area contributed by atoms with E-state index < -0.39 is 40.2 Å². The predicted octanol–water partition coefficient (Wildman–Crippen LogP) is 2.83. The van der Waals surface area contributed by atoms with Gasteiger partial charge in [-0.1, -0.05) is 6.92 Å². The molecule has 0 bridgehead atoms. The number of aromatic nitrogens is 1. The Morgan fingerprint density at radius 2 is 1.96 bits per heavy atom. The molecule has 1 heterocycles. The van der Waals surface area contributed by atoms with Crippen molar-refractivity contribution >= 4 is 28.5 Å². The maximum absolute atomic E-state index is 14.5. The summed E-state index contributed by atoms with van der Waals surface area (Å²) in [6, 6.07) is -0.0819. The number of benzene rings is 1. The number of carbonyl (C=O) groups is 2. The fourth-order valence-corrected chi connectivity index (χ4v) is 3.04. The van der Waals surface area contributed by atoms with Crippen molar-refractivity contribution in [2.24, 2.45) is 0 Å². The zero-order chi connectivity index (χ0) is 18.5. The summed E-state index contributed by atoms with van der Waals surface area (Å²) in [7, 11) is 0. The van der Waals surface area contributed by atoms with Crippen molar-refractivity contribution in [3.63, 3.8) is 0 Å². The number of amides is 1. The van der Waals surface area contributed by atoms with E-state index in [0.29, 0.717) is 0 Å². The van der Waals surface area contributed by atoms with Gasteiger partial charge in [-0.3, -0.25) is 9.59 Å². The molecule has 1 aromatic heterocycles. The van der Waals surface area contributed by atoms with Gasteiger partial charge in [-0.15, -0.1) is 0 Å². The highest BCUT2D eigenvalue weighted by Gasteiger charge is 2.31. The number of aryl methyl sites for hydroxylation is 1. The fourth-order valence-electron chi connectivity index (χ4n) is 3.04. The first kappa shape index (κ1) is 17.1. The van der Waals surface area contributed by atoms with Crippen molar-refractivity contribution in [2.45, 2.75) is 39.2 Å². The van der Waals surface area contributed by atoms with Crippen molar-refractivity contribution in [1.29, 1.82) is 0 Å². The Balaban J connectivity index is 2.58. The number of carboxylic acids is 1. The van der Waals surface area contributed by atoms with Crippen LogP contribution in [0.5, 0.6) is 0 Å². The molecule has 1 saturated carbocycles. The molecule has 132 valence electrons. The number of hydrogen-bond acceptors (Lipinski definition) is 3. The first-order chi connectivity index (χ1) is 11.8. The Bertz CT molecular complexity index is 977. The molecular weight excluding hydrogens is 334 g/mol. The number of nitrogens with zero attached hydrogens (tertiary/aromatic N) is 1. The molecule has 2 N–H and O–H groups in total. The molecule has 0 saturated heterocycles. The lowest BCUT2D eigenvalue weighted by molar-refractivity contribution is -0.114. The van der Waals surface area contributed by atoms with E-state index in [1.807, 2.05) is 0 Å². The third-order valence-corrected chi connectivity index (χ3v) is 4.27. The molecule has 1 aliphatic rings. The normalized spacial score (nSPS) is 13.9. The van der Waals surface area contributed by atoms with E-state index in [-0.39, 0.29) is 28.9 Å². The number of carboxylic acid groups (broad SMARTS) is 1. The Morgan fingerprint density at radius 3 is 2.44 bits per heavy atom. The van der Waals surface area contributed by atoms with Crippen LogP contribution in [0, 0.1) is 11.6 Å². The molecule has 0 unspecified atom stereocenters. The van der Waals surface area contributed by atoms with Gasteiger partial charge in [-0.05, 0) is 19.3 Å². The molecule has 0 aliphatic heterocycles. The maximum atomic E-state index is 14.5. The molecule has 0 radical (unpaired) electrons. The summed E-state index contributed by atoms with van der Waals surface area (Å²) in [6.07, 6.45) is 2.78. The summed E-state index contributed by atoms with van der Waals surface area (Å²) in [5, 5.41) is 11.1. The van der Waals surface area contributed by atoms with Crippen LogP contribution in [0.15, 0.2) is 11.0 Å². The van der Waals surface area contributed by atoms with Gasteiger partial charge in [0.2, 0.25) is 11.3 Å². The number of carbonyl (C=O) groups excluding carboxylic acids is 1. The van der Waals surface area contributed by atoms with Gasteiger partial charge >= 0.3 is 5.97 Å². The van der Waals surface area contributed by atoms with Crippen LogP contribution in [0.4, 0.5) is 14.5 Å². The van der Waals surface area contributed by atoms with Crippen molar-refractivity contribution in [2.75, 3.05) is 5.32 Å². The molecule has 8 heteroatoms. The van der Waals surface area contributed by atoms with Crippen LogP contribution < -0.4 is 10.7 Å². The molecule has 1 aliphatic carbocycles. The minimum absolute atomic E-state index is 0.0115. The van der Waals surface area contributed by atoms with Gasteiger partial charge in [0.1, 0.15) is 5.56 Å². The van der Waals surface area contributed by atoms with Gasteiger partial charge in [0.15, 0.2) is 11.6 Å². The lowest BCUT2D eigenvalue weighted by atomic mass is 10.0. The lowest BCUT2D eigenvalue weighted by Crippen LogP contribution is -2.23. The standard InChI is InChI=1S/C17H16F2N2O4/c1-3-9-12(18)13(19)14(20-7(2)22)11-15(9)21(8-4-5-8)6-10(16(11)23)17(24)25/h6,8H,3-5H2,1-2H3,(H,20,22)(H,24,25). The third-order valence-electron chi connectivity index (χ3n) is 4.27. The summed E-state index contributed by atoms with van der Waals surface area (Å²) in [4.78, 5) is 35.5. The SMILES string of the molecule is CCc1c(F)c(F)c(NC(C)=O)c2c(=O)c(C(=O)O)cn(C3CC3)c12. The second kappa shape index (κ2) is 5.94. The van der Waals surface area contributed by atoms with Crippen molar-refractivity contribution in [3.05, 3.63) is 39.2 Å². The minimum atomic E-state index is -1.46. The van der Waals surface area contributed by atoms with Gasteiger partial charge in [0.05, 0.1) is 16.6 Å². The number of aromatic carboxylic acids is 1. The second-order valence-corrected chi connectivity index (χ2v) is 6.06. The molecule has 3 rings (SSSR count). The first-order valence-electron chi connectivity index (χ1n) is 7.87. The van der Waals surface area contributed by atoms with Crippen LogP contribution in [0.3, 0.4) is 0 Å². The van der Waals surface area contributed by atoms with Crippen LogP contribution in [-0.2, 0) is 11.2 Å². The first-order valence-corrected chi connectivity index (χ1v) is 7.87. The molecule has 0 spiro atoms. The van der Waals surface area contributed by atoms with Gasteiger partial charge in [0, 0.05) is 24.7 Å². The average Bonchev–Trinajstić information content (AvgIpc) is 3.36. The van der Waals surface area contributed by atoms with Gasteiger partial charge in [-0.25, -0.2) is 13.6 Å². The highest BCUT2D eigenvalue weighted by Crippen LogP contribution is 2.40. The Hall–Kier alpha value is -2.77. The highest BCUT2D eigenvalue weighted by atomic mass is 19.2. The number of fused-ring (bicyclic) bond motifs is 1. The Labute approximate surface area is 141 Å². The van der Waals surface area contributed by atoms with Crippen LogP contribution in [-0.4, -0.2) is 21.6 Å². The third kappa shape index (κ3) is 2.67. The van der Waals surface area contributed by atoms with Gasteiger partial charge < -0.3 is 15.0 Å². The van der Waals surface area contributed by atoms with E-state index in [2.05, 4.69) is 5.32 Å². The summed E-state index contributed by atoms with van der Waals surface area (Å²) in [5.74, 6) is -4.66. The van der Waals surface area contributed by atoms with Gasteiger partial charge in [0.25, 0.3) is 0 Å². The van der Waals surface area contributed by atoms with E-state index in [1.54, 1.807) is 6.92 Å². The Kier molecular flexibility index (Phi) is 4.06. The number of nitrogens with one attached hydrogen (secondary N) is 1. The summed E-state index contributed by atoms with van der Waals surface area (Å²) in [6.45, 7) is 2.71. The molecule has 0 atom stereocenters. The summed E-state index contributed by atoms with van der Waals surface area (Å²) < 4.78 is 30.6. The van der Waals surface area contributed by atoms with E-state index in [1.165, 1.54) is 10.8 Å². The topological polar surface area (TPSA) is 88.4 Å². The molecule has 6 nitrogen and oxygen atoms in total. The molecule has 25 heavy (non-hydrogen) atoms. The van der Waals surface area contributed by atoms with Crippen LogP contribution in [0.25, 0.3) is 10.9 Å². The molecule has 2 aromatic rings. The van der Waals surface area contributed by atoms with Gasteiger partial charge in [-0.2, -0.15) is 0 Å². The quantitative estimate of drug-likeness (QED) is 0.887. The summed E-state index contributed by atoms with van der Waals surface area (Å²) >= 11 is 0. The van der Waals surface area contributed by atoms with Crippen LogP contribution >= 0.6 is 0 Å². The average molecular weight is 350 g/mol. The van der Waals surface area contributed by atoms with E-state index in [9.17, 15) is 28.3 Å². The number of rotatable bonds is 4. The van der Waals surface area contributed by atoms with Crippen molar-refractivity contribution in [3.8, 4) is 0 Å². The molecule has 1 amide bonds. The minimum Gasteiger partial charge on any atom is -0.477 e. The largest absolute Gasteiger partial charge is 0.477 e. The monoisotopic (exact) mass is 350 g/mol. The van der Waals surface area contributed by atoms with Crippen LogP contribution in [0.2, 0.25) is 0 Å². The summed E-state index contributed by atoms with van der Waals surface area (Å²) in [5.41, 5.74) is -1.97. The maximum Gasteiger partial charge on any atom is 0.341 e. The number of anilines is 1. The molecular formula is C17H16F2N2O4. The number of hydrogen-bond donors (Lipinski definition) is 2. The van der Waals surface area contributed by atoms with E-state index in [4.69, 9.17) is 0 Å². The van der Waals surface area contributed by atoms with E-state index >= 15 is 0 Å². The zero-order valence-electron chi connectivity index (χ0n) is 13.7. The van der Waals surface area contributed by atoms with Crippen molar-refractivity contribution in [1.82, 2.24) is 4.57 Å². The number of pyridine rings is 1. The Morgan fingerprint density at radius 1 is 1.32 bits per heavy atom. The van der Waals surface area contributed by atoms with E-state index in [0.717, 1.165) is 19.8 Å². The molecule has 1 aromatic carbocycles. The predicted molar refractivity (Wildman–Crippen MR) is 87.0 cm³/mol. The van der Waals surface area contributed by atoms with Crippen molar-refractivity contribution < 1.29 is 23.5 Å². The molecule has 1 fully saturated rings. The smallest absolute Gasteiger partial charge is 0.341 e. The highest BCUT2D eigenvalue weighted by molar-refractivity contribution is 6.04. The van der Waals surface area contributed by atoms with Crippen LogP contribution in [0.1, 0.15) is 48.7 Å². The zero-order valence-corrected chi connectivity index (χ0v) is 13.7. The lowest BCUT2D eigenvalue weighted by Gasteiger charge is -2.19. The number of halogens is 2.